The molecule has 0 saturated carbocycles. The number of unbranched alkanes of at least 4 members (excludes halogenated alkanes) is 1. The number of piperidine rings is 3. The Labute approximate surface area is 81.1 Å². The molecule has 3 aliphatic heterocycles. The van der Waals surface area contributed by atoms with E-state index < -0.39 is 0 Å². The second-order valence-electron chi connectivity index (χ2n) is 4.95. The lowest BCUT2D eigenvalue weighted by molar-refractivity contribution is -0.946. The van der Waals surface area contributed by atoms with Crippen molar-refractivity contribution in [3.05, 3.63) is 0 Å². The van der Waals surface area contributed by atoms with E-state index in [1.165, 1.54) is 49.8 Å². The zero-order valence-corrected chi connectivity index (χ0v) is 8.71. The third kappa shape index (κ3) is 1.75. The van der Waals surface area contributed by atoms with E-state index in [0.29, 0.717) is 5.92 Å². The van der Waals surface area contributed by atoms with Gasteiger partial charge in [-0.15, -0.1) is 0 Å². The summed E-state index contributed by atoms with van der Waals surface area (Å²) in [6, 6.07) is 0. The highest BCUT2D eigenvalue weighted by Gasteiger charge is 2.44. The molecule has 1 N–H and O–H groups in total. The predicted molar refractivity (Wildman–Crippen MR) is 53.4 cm³/mol. The molecule has 3 rings (SSSR count). The van der Waals surface area contributed by atoms with Crippen molar-refractivity contribution in [1.82, 2.24) is 0 Å². The number of nitrogens with zero attached hydrogens (tertiary/aromatic N) is 1. The minimum absolute atomic E-state index is 0.0133. The highest BCUT2D eigenvalue weighted by Crippen LogP contribution is 2.33. The van der Waals surface area contributed by atoms with E-state index >= 15 is 0 Å². The summed E-state index contributed by atoms with van der Waals surface area (Å²) in [5, 5.41) is 9.85. The van der Waals surface area contributed by atoms with Crippen LogP contribution in [0.25, 0.3) is 0 Å². The minimum atomic E-state index is 0.0133. The summed E-state index contributed by atoms with van der Waals surface area (Å²) in [7, 11) is 0. The van der Waals surface area contributed by atoms with E-state index in [2.05, 4.69) is 6.92 Å². The van der Waals surface area contributed by atoms with Gasteiger partial charge in [-0.3, -0.25) is 0 Å². The van der Waals surface area contributed by atoms with Crippen molar-refractivity contribution in [3.63, 3.8) is 0 Å². The topological polar surface area (TPSA) is 20.2 Å². The predicted octanol–water partition coefficient (Wildman–Crippen LogP) is 1.39. The zero-order chi connectivity index (χ0) is 9.31. The molecule has 13 heavy (non-hydrogen) atoms. The van der Waals surface area contributed by atoms with Gasteiger partial charge in [0.05, 0.1) is 19.6 Å². The van der Waals surface area contributed by atoms with Gasteiger partial charge in [0, 0.05) is 18.8 Å². The number of rotatable bonds is 3. The Morgan fingerprint density at radius 3 is 2.54 bits per heavy atom. The molecule has 0 unspecified atom stereocenters. The summed E-state index contributed by atoms with van der Waals surface area (Å²) in [6.07, 6.45) is 5.17. The molecule has 0 radical (unpaired) electrons. The first-order chi connectivity index (χ1) is 6.26. The summed E-state index contributed by atoms with van der Waals surface area (Å²) in [6.45, 7) is 7.28. The monoisotopic (exact) mass is 184 g/mol. The summed E-state index contributed by atoms with van der Waals surface area (Å²) >= 11 is 0. The Kier molecular flexibility index (Phi) is 2.61. The Morgan fingerprint density at radius 2 is 2.00 bits per heavy atom. The van der Waals surface area contributed by atoms with Gasteiger partial charge in [0.1, 0.15) is 12.6 Å². The molecule has 1 atom stereocenters. The lowest BCUT2D eigenvalue weighted by Gasteiger charge is -2.51. The van der Waals surface area contributed by atoms with Gasteiger partial charge in [-0.05, 0) is 6.42 Å². The van der Waals surface area contributed by atoms with Crippen molar-refractivity contribution in [3.8, 4) is 0 Å². The average molecular weight is 184 g/mol. The minimum Gasteiger partial charge on any atom is -0.387 e. The standard InChI is InChI=1S/C11H22NO/c1-2-3-6-12-7-4-10(5-8-12)11(13)9-12/h10-11,13H,2-9H2,1H3/q+1/t10?,11-,12?/m0/s1. The quantitative estimate of drug-likeness (QED) is 0.657. The lowest BCUT2D eigenvalue weighted by atomic mass is 9.83. The van der Waals surface area contributed by atoms with Gasteiger partial charge in [0.25, 0.3) is 0 Å². The molecule has 3 heterocycles. The van der Waals surface area contributed by atoms with E-state index in [-0.39, 0.29) is 6.10 Å². The van der Waals surface area contributed by atoms with Crippen LogP contribution >= 0.6 is 0 Å². The second kappa shape index (κ2) is 3.58. The van der Waals surface area contributed by atoms with Crippen molar-refractivity contribution in [2.24, 2.45) is 5.92 Å². The van der Waals surface area contributed by atoms with Crippen molar-refractivity contribution in [2.45, 2.75) is 38.7 Å². The van der Waals surface area contributed by atoms with E-state index in [0.717, 1.165) is 6.54 Å². The van der Waals surface area contributed by atoms with Crippen molar-refractivity contribution in [1.29, 1.82) is 0 Å². The maximum absolute atomic E-state index is 9.85. The van der Waals surface area contributed by atoms with Gasteiger partial charge in [-0.1, -0.05) is 13.3 Å². The molecule has 3 saturated heterocycles. The number of aliphatic hydroxyl groups excluding tert-OH is 1. The van der Waals surface area contributed by atoms with Crippen LogP contribution in [0.15, 0.2) is 0 Å². The first-order valence-corrected chi connectivity index (χ1v) is 5.79. The number of aliphatic hydroxyl groups is 1. The molecule has 76 valence electrons. The summed E-state index contributed by atoms with van der Waals surface area (Å²) in [4.78, 5) is 0. The lowest BCUT2D eigenvalue weighted by Crippen LogP contribution is -2.63. The number of hydrogen-bond acceptors (Lipinski definition) is 1. The molecule has 3 aliphatic rings. The summed E-state index contributed by atoms with van der Waals surface area (Å²) in [5.41, 5.74) is 0. The molecule has 2 bridgehead atoms. The summed E-state index contributed by atoms with van der Waals surface area (Å²) < 4.78 is 1.23. The highest BCUT2D eigenvalue weighted by atomic mass is 16.3. The number of hydrogen-bond donors (Lipinski definition) is 1. The highest BCUT2D eigenvalue weighted by molar-refractivity contribution is 4.79. The van der Waals surface area contributed by atoms with Crippen LogP contribution in [0.1, 0.15) is 32.6 Å². The van der Waals surface area contributed by atoms with Crippen LogP contribution in [0.3, 0.4) is 0 Å². The molecule has 0 aromatic heterocycles. The third-order valence-electron chi connectivity index (χ3n) is 4.05. The fourth-order valence-electron chi connectivity index (χ4n) is 3.06. The molecule has 0 aliphatic carbocycles. The maximum Gasteiger partial charge on any atom is 0.106 e. The summed E-state index contributed by atoms with van der Waals surface area (Å²) in [5.74, 6) is 0.640. The molecular weight excluding hydrogens is 162 g/mol. The second-order valence-corrected chi connectivity index (χ2v) is 4.95. The van der Waals surface area contributed by atoms with Crippen LogP contribution in [0.2, 0.25) is 0 Å². The third-order valence-corrected chi connectivity index (χ3v) is 4.05. The molecule has 0 amide bonds. The average Bonchev–Trinajstić information content (AvgIpc) is 2.16. The van der Waals surface area contributed by atoms with Crippen LogP contribution in [0.5, 0.6) is 0 Å². The maximum atomic E-state index is 9.85. The van der Waals surface area contributed by atoms with Gasteiger partial charge < -0.3 is 9.59 Å². The first kappa shape index (κ1) is 9.47. The van der Waals surface area contributed by atoms with Crippen molar-refractivity contribution >= 4 is 0 Å². The van der Waals surface area contributed by atoms with Crippen LogP contribution in [0.4, 0.5) is 0 Å². The number of fused-ring (bicyclic) bond motifs is 3. The Morgan fingerprint density at radius 1 is 1.31 bits per heavy atom. The normalized spacial score (nSPS) is 43.8. The molecule has 0 spiro atoms. The van der Waals surface area contributed by atoms with E-state index in [1.807, 2.05) is 0 Å². The van der Waals surface area contributed by atoms with E-state index in [4.69, 9.17) is 0 Å². The van der Waals surface area contributed by atoms with Crippen molar-refractivity contribution < 1.29 is 9.59 Å². The van der Waals surface area contributed by atoms with Crippen LogP contribution < -0.4 is 0 Å². The Balaban J connectivity index is 1.96. The zero-order valence-electron chi connectivity index (χ0n) is 8.71. The van der Waals surface area contributed by atoms with Gasteiger partial charge >= 0.3 is 0 Å². The molecular formula is C11H22NO+. The van der Waals surface area contributed by atoms with Gasteiger partial charge in [0.15, 0.2) is 0 Å². The molecule has 3 fully saturated rings. The molecule has 2 heteroatoms. The van der Waals surface area contributed by atoms with Gasteiger partial charge in [-0.25, -0.2) is 0 Å². The molecule has 2 nitrogen and oxygen atoms in total. The molecule has 0 aromatic rings. The Hall–Kier alpha value is -0.0800. The molecule has 0 aromatic carbocycles. The SMILES string of the molecule is CCCC[N+]12CCC(CC1)[C@@H](O)C2. The van der Waals surface area contributed by atoms with Gasteiger partial charge in [-0.2, -0.15) is 0 Å². The van der Waals surface area contributed by atoms with E-state index in [9.17, 15) is 5.11 Å². The van der Waals surface area contributed by atoms with Crippen LogP contribution in [0, 0.1) is 5.92 Å². The smallest absolute Gasteiger partial charge is 0.106 e. The Bertz CT molecular complexity index is 173. The van der Waals surface area contributed by atoms with Gasteiger partial charge in [0.2, 0.25) is 0 Å². The van der Waals surface area contributed by atoms with E-state index in [1.54, 1.807) is 0 Å². The largest absolute Gasteiger partial charge is 0.387 e. The van der Waals surface area contributed by atoms with Crippen LogP contribution in [-0.4, -0.2) is 41.9 Å². The van der Waals surface area contributed by atoms with Crippen molar-refractivity contribution in [2.75, 3.05) is 26.2 Å². The van der Waals surface area contributed by atoms with Crippen LogP contribution in [-0.2, 0) is 0 Å². The fraction of sp³-hybridized carbons (Fsp3) is 1.00. The fourth-order valence-corrected chi connectivity index (χ4v) is 3.06. The first-order valence-electron chi connectivity index (χ1n) is 5.79. The number of quaternary nitrogens is 1.